The Labute approximate surface area is 130 Å². The van der Waals surface area contributed by atoms with E-state index in [1.165, 1.54) is 5.56 Å². The zero-order valence-corrected chi connectivity index (χ0v) is 14.3. The van der Waals surface area contributed by atoms with Gasteiger partial charge >= 0.3 is 0 Å². The molecule has 0 saturated heterocycles. The molecule has 0 bridgehead atoms. The molecule has 0 radical (unpaired) electrons. The number of halogens is 1. The van der Waals surface area contributed by atoms with Crippen molar-refractivity contribution in [3.8, 4) is 5.75 Å². The third-order valence-corrected chi connectivity index (χ3v) is 4.02. The first-order valence-electron chi connectivity index (χ1n) is 6.83. The van der Waals surface area contributed by atoms with Gasteiger partial charge in [-0.05, 0) is 47.5 Å². The number of hydrogen-bond donors (Lipinski definition) is 1. The van der Waals surface area contributed by atoms with Crippen LogP contribution in [0.5, 0.6) is 5.75 Å². The van der Waals surface area contributed by atoms with Crippen molar-refractivity contribution >= 4 is 15.9 Å². The fraction of sp³-hybridized carbons (Fsp3) is 0.600. The highest BCUT2D eigenvalue weighted by Gasteiger charge is 2.22. The van der Waals surface area contributed by atoms with Gasteiger partial charge in [-0.25, -0.2) is 0 Å². The molecule has 5 heteroatoms. The van der Waals surface area contributed by atoms with Crippen molar-refractivity contribution in [3.05, 3.63) is 28.2 Å². The average Bonchev–Trinajstić information content (AvgIpc) is 2.43. The monoisotopic (exact) mass is 344 g/mol. The van der Waals surface area contributed by atoms with Gasteiger partial charge < -0.3 is 15.2 Å². The Balaban J connectivity index is 3.00. The summed E-state index contributed by atoms with van der Waals surface area (Å²) in [6.07, 6.45) is 0. The molecular formula is C15H25BrN2O2. The topological polar surface area (TPSA) is 47.7 Å². The first kappa shape index (κ1) is 17.4. The molecule has 0 aliphatic rings. The standard InChI is InChI=1S/C15H25BrN2O2/c1-11(2)18(7-8-19-3)14(10-17)12-5-6-15(20-4)13(16)9-12/h5-6,9,11,14H,7-8,10,17H2,1-4H3. The smallest absolute Gasteiger partial charge is 0.133 e. The van der Waals surface area contributed by atoms with Crippen LogP contribution in [0.15, 0.2) is 22.7 Å². The average molecular weight is 345 g/mol. The Morgan fingerprint density at radius 3 is 2.45 bits per heavy atom. The zero-order chi connectivity index (χ0) is 15.1. The van der Waals surface area contributed by atoms with Gasteiger partial charge in [0.05, 0.1) is 18.2 Å². The van der Waals surface area contributed by atoms with E-state index in [4.69, 9.17) is 15.2 Å². The van der Waals surface area contributed by atoms with Crippen molar-refractivity contribution in [2.45, 2.75) is 25.9 Å². The summed E-state index contributed by atoms with van der Waals surface area (Å²) >= 11 is 3.53. The van der Waals surface area contributed by atoms with Crippen LogP contribution in [-0.2, 0) is 4.74 Å². The summed E-state index contributed by atoms with van der Waals surface area (Å²) in [6.45, 7) is 6.49. The van der Waals surface area contributed by atoms with Crippen LogP contribution in [0.1, 0.15) is 25.5 Å². The molecule has 1 aromatic rings. The minimum absolute atomic E-state index is 0.173. The summed E-state index contributed by atoms with van der Waals surface area (Å²) in [7, 11) is 3.39. The minimum atomic E-state index is 0.173. The number of nitrogens with zero attached hydrogens (tertiary/aromatic N) is 1. The highest BCUT2D eigenvalue weighted by atomic mass is 79.9. The number of hydrogen-bond acceptors (Lipinski definition) is 4. The number of nitrogens with two attached hydrogens (primary N) is 1. The fourth-order valence-electron chi connectivity index (χ4n) is 2.32. The summed E-state index contributed by atoms with van der Waals surface area (Å²) in [5.41, 5.74) is 7.19. The van der Waals surface area contributed by atoms with Crippen LogP contribution in [0.3, 0.4) is 0 Å². The molecule has 4 nitrogen and oxygen atoms in total. The third-order valence-electron chi connectivity index (χ3n) is 3.40. The minimum Gasteiger partial charge on any atom is -0.496 e. The molecule has 0 fully saturated rings. The lowest BCUT2D eigenvalue weighted by Gasteiger charge is -2.34. The lowest BCUT2D eigenvalue weighted by molar-refractivity contribution is 0.0979. The van der Waals surface area contributed by atoms with Crippen LogP contribution in [0.4, 0.5) is 0 Å². The Morgan fingerprint density at radius 1 is 1.30 bits per heavy atom. The van der Waals surface area contributed by atoms with Gasteiger partial charge in [0, 0.05) is 32.3 Å². The lowest BCUT2D eigenvalue weighted by Crippen LogP contribution is -2.40. The van der Waals surface area contributed by atoms with Crippen molar-refractivity contribution in [2.75, 3.05) is 33.9 Å². The van der Waals surface area contributed by atoms with Crippen molar-refractivity contribution in [1.29, 1.82) is 0 Å². The Bertz CT molecular complexity index is 413. The Morgan fingerprint density at radius 2 is 2.00 bits per heavy atom. The van der Waals surface area contributed by atoms with Gasteiger partial charge in [-0.15, -0.1) is 0 Å². The first-order valence-corrected chi connectivity index (χ1v) is 7.62. The Kier molecular flexibility index (Phi) is 7.51. The van der Waals surface area contributed by atoms with E-state index in [1.54, 1.807) is 14.2 Å². The summed E-state index contributed by atoms with van der Waals surface area (Å²) in [6, 6.07) is 6.70. The van der Waals surface area contributed by atoms with Crippen LogP contribution in [0.25, 0.3) is 0 Å². The van der Waals surface area contributed by atoms with E-state index in [1.807, 2.05) is 6.07 Å². The first-order chi connectivity index (χ1) is 9.54. The van der Waals surface area contributed by atoms with Gasteiger partial charge in [-0.2, -0.15) is 0 Å². The SMILES string of the molecule is COCCN(C(C)C)C(CN)c1ccc(OC)c(Br)c1. The second kappa shape index (κ2) is 8.62. The van der Waals surface area contributed by atoms with Gasteiger partial charge in [0.25, 0.3) is 0 Å². The maximum Gasteiger partial charge on any atom is 0.133 e. The normalized spacial score (nSPS) is 13.0. The molecule has 0 amide bonds. The molecule has 1 rings (SSSR count). The van der Waals surface area contributed by atoms with Crippen molar-refractivity contribution < 1.29 is 9.47 Å². The van der Waals surface area contributed by atoms with E-state index in [2.05, 4.69) is 46.8 Å². The second-order valence-electron chi connectivity index (χ2n) is 4.97. The van der Waals surface area contributed by atoms with E-state index < -0.39 is 0 Å². The number of methoxy groups -OCH3 is 2. The number of benzene rings is 1. The summed E-state index contributed by atoms with van der Waals surface area (Å²) in [5, 5.41) is 0. The maximum atomic E-state index is 6.01. The highest BCUT2D eigenvalue weighted by molar-refractivity contribution is 9.10. The van der Waals surface area contributed by atoms with E-state index in [-0.39, 0.29) is 6.04 Å². The molecule has 0 aliphatic carbocycles. The van der Waals surface area contributed by atoms with E-state index >= 15 is 0 Å². The largest absolute Gasteiger partial charge is 0.496 e. The van der Waals surface area contributed by atoms with Gasteiger partial charge in [0.1, 0.15) is 5.75 Å². The van der Waals surface area contributed by atoms with E-state index in [9.17, 15) is 0 Å². The molecule has 0 heterocycles. The van der Waals surface area contributed by atoms with Crippen LogP contribution >= 0.6 is 15.9 Å². The van der Waals surface area contributed by atoms with Crippen LogP contribution in [0.2, 0.25) is 0 Å². The summed E-state index contributed by atoms with van der Waals surface area (Å²) in [5.74, 6) is 0.831. The summed E-state index contributed by atoms with van der Waals surface area (Å²) in [4.78, 5) is 2.36. The molecule has 1 unspecified atom stereocenters. The number of rotatable bonds is 8. The predicted octanol–water partition coefficient (Wildman–Crippen LogP) is 2.81. The van der Waals surface area contributed by atoms with Crippen LogP contribution < -0.4 is 10.5 Å². The van der Waals surface area contributed by atoms with Crippen molar-refractivity contribution in [2.24, 2.45) is 5.73 Å². The molecular weight excluding hydrogens is 320 g/mol. The molecule has 1 aromatic carbocycles. The molecule has 0 saturated carbocycles. The highest BCUT2D eigenvalue weighted by Crippen LogP contribution is 2.30. The van der Waals surface area contributed by atoms with Gasteiger partial charge in [-0.1, -0.05) is 6.07 Å². The zero-order valence-electron chi connectivity index (χ0n) is 12.7. The molecule has 1 atom stereocenters. The van der Waals surface area contributed by atoms with E-state index in [0.717, 1.165) is 16.8 Å². The fourth-order valence-corrected chi connectivity index (χ4v) is 2.88. The molecule has 20 heavy (non-hydrogen) atoms. The Hall–Kier alpha value is -0.620. The quantitative estimate of drug-likeness (QED) is 0.787. The molecule has 2 N–H and O–H groups in total. The third kappa shape index (κ3) is 4.45. The molecule has 114 valence electrons. The maximum absolute atomic E-state index is 6.01. The van der Waals surface area contributed by atoms with Gasteiger partial charge in [0.2, 0.25) is 0 Å². The van der Waals surface area contributed by atoms with Crippen LogP contribution in [0, 0.1) is 0 Å². The van der Waals surface area contributed by atoms with Crippen molar-refractivity contribution in [1.82, 2.24) is 4.90 Å². The van der Waals surface area contributed by atoms with Gasteiger partial charge in [-0.3, -0.25) is 4.90 Å². The van der Waals surface area contributed by atoms with Crippen molar-refractivity contribution in [3.63, 3.8) is 0 Å². The van der Waals surface area contributed by atoms with E-state index in [0.29, 0.717) is 19.2 Å². The molecule has 0 spiro atoms. The molecule has 0 aromatic heterocycles. The molecule has 0 aliphatic heterocycles. The second-order valence-corrected chi connectivity index (χ2v) is 5.82. The summed E-state index contributed by atoms with van der Waals surface area (Å²) < 4.78 is 11.4. The lowest BCUT2D eigenvalue weighted by atomic mass is 10.0. The number of ether oxygens (including phenoxy) is 2. The predicted molar refractivity (Wildman–Crippen MR) is 86.2 cm³/mol. The van der Waals surface area contributed by atoms with Gasteiger partial charge in [0.15, 0.2) is 0 Å². The van der Waals surface area contributed by atoms with Crippen LogP contribution in [-0.4, -0.2) is 44.9 Å².